The Morgan fingerprint density at radius 1 is 1.36 bits per heavy atom. The van der Waals surface area contributed by atoms with E-state index in [1.165, 1.54) is 6.21 Å². The van der Waals surface area contributed by atoms with Crippen molar-refractivity contribution in [3.05, 3.63) is 40.6 Å². The molecule has 3 nitrogen and oxygen atoms in total. The van der Waals surface area contributed by atoms with Crippen LogP contribution in [0.5, 0.6) is 0 Å². The van der Waals surface area contributed by atoms with E-state index in [-0.39, 0.29) is 0 Å². The van der Waals surface area contributed by atoms with E-state index in [9.17, 15) is 10.3 Å². The minimum absolute atomic E-state index is 0.735. The highest BCUT2D eigenvalue weighted by Crippen LogP contribution is 2.32. The summed E-state index contributed by atoms with van der Waals surface area (Å²) in [5, 5.41) is 21.6. The quantitative estimate of drug-likeness (QED) is 0.498. The molecule has 1 aromatic rings. The summed E-state index contributed by atoms with van der Waals surface area (Å²) in [5.74, 6) is 0. The minimum Gasteiger partial charge on any atom is -0.623 e. The molecule has 14 heavy (non-hydrogen) atoms. The van der Waals surface area contributed by atoms with Crippen molar-refractivity contribution < 1.29 is 9.85 Å². The van der Waals surface area contributed by atoms with Crippen LogP contribution in [0.1, 0.15) is 31.1 Å². The number of hydroxylamine groups is 1. The minimum atomic E-state index is -0.783. The molecule has 0 radical (unpaired) electrons. The third-order valence-electron chi connectivity index (χ3n) is 2.78. The number of fused-ring (bicyclic) bond motifs is 1. The number of aliphatic hydroxyl groups excluding tert-OH is 1. The van der Waals surface area contributed by atoms with Crippen LogP contribution in [0.25, 0.3) is 0 Å². The summed E-state index contributed by atoms with van der Waals surface area (Å²) in [4.78, 5) is 0. The molecule has 0 spiro atoms. The Balaban J connectivity index is 2.62. The fourth-order valence-electron chi connectivity index (χ4n) is 1.67. The summed E-state index contributed by atoms with van der Waals surface area (Å²) in [7, 11) is 0. The van der Waals surface area contributed by atoms with Gasteiger partial charge in [-0.15, -0.1) is 0 Å². The van der Waals surface area contributed by atoms with Gasteiger partial charge in [0.2, 0.25) is 0 Å². The lowest BCUT2D eigenvalue weighted by atomic mass is 9.86. The van der Waals surface area contributed by atoms with E-state index in [0.717, 1.165) is 15.9 Å². The maximum atomic E-state index is 11.6. The van der Waals surface area contributed by atoms with Crippen LogP contribution in [0.15, 0.2) is 24.3 Å². The number of nitrogens with zero attached hydrogens (tertiary/aromatic N) is 1. The average molecular weight is 191 g/mol. The van der Waals surface area contributed by atoms with Gasteiger partial charge in [0, 0.05) is 25.0 Å². The molecule has 1 aliphatic heterocycles. The first-order valence-electron chi connectivity index (χ1n) is 4.62. The zero-order valence-electron chi connectivity index (χ0n) is 8.27. The third kappa shape index (κ3) is 1.13. The Labute approximate surface area is 82.9 Å². The standard InChI is InChI=1S/C11H13NO2/c1-11(2)10(13)9-6-4-3-5-8(9)7-12(11)14/h3-7,10,13H,1-2H3. The van der Waals surface area contributed by atoms with Crippen molar-refractivity contribution in [3.63, 3.8) is 0 Å². The van der Waals surface area contributed by atoms with Crippen molar-refractivity contribution in [1.29, 1.82) is 0 Å². The molecular weight excluding hydrogens is 178 g/mol. The molecule has 1 N–H and O–H groups in total. The molecule has 1 aliphatic rings. The van der Waals surface area contributed by atoms with Crippen molar-refractivity contribution in [3.8, 4) is 0 Å². The lowest BCUT2D eigenvalue weighted by molar-refractivity contribution is -0.554. The molecule has 0 aliphatic carbocycles. The first kappa shape index (κ1) is 9.21. The van der Waals surface area contributed by atoms with Crippen LogP contribution in [0.2, 0.25) is 0 Å². The predicted molar refractivity (Wildman–Crippen MR) is 54.3 cm³/mol. The van der Waals surface area contributed by atoms with Gasteiger partial charge in [-0.1, -0.05) is 18.2 Å². The van der Waals surface area contributed by atoms with Gasteiger partial charge in [0.25, 0.3) is 0 Å². The normalized spacial score (nSPS) is 23.9. The predicted octanol–water partition coefficient (Wildman–Crippen LogP) is 1.44. The number of benzene rings is 1. The number of hydrogen-bond acceptors (Lipinski definition) is 2. The van der Waals surface area contributed by atoms with Crippen molar-refractivity contribution in [1.82, 2.24) is 0 Å². The van der Waals surface area contributed by atoms with Gasteiger partial charge in [-0.05, 0) is 6.07 Å². The summed E-state index contributed by atoms with van der Waals surface area (Å²) in [6.45, 7) is 3.47. The molecule has 0 fully saturated rings. The molecule has 0 saturated heterocycles. The smallest absolute Gasteiger partial charge is 0.197 e. The van der Waals surface area contributed by atoms with E-state index < -0.39 is 11.6 Å². The highest BCUT2D eigenvalue weighted by molar-refractivity contribution is 5.79. The van der Waals surface area contributed by atoms with Crippen LogP contribution in [0.4, 0.5) is 0 Å². The topological polar surface area (TPSA) is 46.3 Å². The van der Waals surface area contributed by atoms with Gasteiger partial charge in [-0.2, -0.15) is 0 Å². The average Bonchev–Trinajstić information content (AvgIpc) is 2.15. The van der Waals surface area contributed by atoms with Crippen molar-refractivity contribution in [2.24, 2.45) is 0 Å². The molecule has 2 rings (SSSR count). The van der Waals surface area contributed by atoms with Crippen LogP contribution in [0, 0.1) is 5.21 Å². The second kappa shape index (κ2) is 2.82. The second-order valence-electron chi connectivity index (χ2n) is 4.14. The molecular formula is C11H13NO2. The summed E-state index contributed by atoms with van der Waals surface area (Å²) in [6, 6.07) is 7.41. The second-order valence-corrected chi connectivity index (χ2v) is 4.14. The largest absolute Gasteiger partial charge is 0.623 e. The van der Waals surface area contributed by atoms with E-state index in [1.807, 2.05) is 24.3 Å². The van der Waals surface area contributed by atoms with Gasteiger partial charge in [0.15, 0.2) is 11.8 Å². The summed E-state index contributed by atoms with van der Waals surface area (Å²) in [5.41, 5.74) is 0.841. The van der Waals surface area contributed by atoms with E-state index in [4.69, 9.17) is 0 Å². The van der Waals surface area contributed by atoms with Gasteiger partial charge >= 0.3 is 0 Å². The molecule has 3 heteroatoms. The van der Waals surface area contributed by atoms with Crippen LogP contribution >= 0.6 is 0 Å². The maximum Gasteiger partial charge on any atom is 0.197 e. The highest BCUT2D eigenvalue weighted by Gasteiger charge is 2.41. The molecule has 1 unspecified atom stereocenters. The fraction of sp³-hybridized carbons (Fsp3) is 0.364. The zero-order chi connectivity index (χ0) is 10.3. The molecule has 74 valence electrons. The van der Waals surface area contributed by atoms with Crippen LogP contribution in [-0.2, 0) is 0 Å². The van der Waals surface area contributed by atoms with Crippen LogP contribution < -0.4 is 0 Å². The molecule has 0 amide bonds. The first-order chi connectivity index (χ1) is 6.53. The Morgan fingerprint density at radius 2 is 2.00 bits per heavy atom. The van der Waals surface area contributed by atoms with Gasteiger partial charge in [-0.25, -0.2) is 4.74 Å². The zero-order valence-corrected chi connectivity index (χ0v) is 8.27. The first-order valence-corrected chi connectivity index (χ1v) is 4.62. The van der Waals surface area contributed by atoms with Gasteiger partial charge in [0.1, 0.15) is 6.10 Å². The highest BCUT2D eigenvalue weighted by atomic mass is 16.5. The van der Waals surface area contributed by atoms with Crippen LogP contribution in [-0.4, -0.2) is 21.6 Å². The Bertz CT molecular complexity index is 396. The Morgan fingerprint density at radius 3 is 2.71 bits per heavy atom. The van der Waals surface area contributed by atoms with E-state index >= 15 is 0 Å². The van der Waals surface area contributed by atoms with Crippen molar-refractivity contribution in [2.45, 2.75) is 25.5 Å². The summed E-state index contributed by atoms with van der Waals surface area (Å²) >= 11 is 0. The van der Waals surface area contributed by atoms with E-state index in [1.54, 1.807) is 13.8 Å². The van der Waals surface area contributed by atoms with Gasteiger partial charge in [0.05, 0.1) is 0 Å². The van der Waals surface area contributed by atoms with E-state index in [0.29, 0.717) is 0 Å². The summed E-state index contributed by atoms with van der Waals surface area (Å²) in [6.07, 6.45) is 0.795. The molecule has 1 heterocycles. The lowest BCUT2D eigenvalue weighted by Gasteiger charge is -2.33. The molecule has 0 aromatic heterocycles. The fourth-order valence-corrected chi connectivity index (χ4v) is 1.67. The maximum absolute atomic E-state index is 11.6. The van der Waals surface area contributed by atoms with Crippen molar-refractivity contribution >= 4 is 6.21 Å². The molecule has 1 atom stereocenters. The number of hydrogen-bond donors (Lipinski definition) is 1. The van der Waals surface area contributed by atoms with Gasteiger partial charge < -0.3 is 10.3 Å². The summed E-state index contributed by atoms with van der Waals surface area (Å²) < 4.78 is 0.819. The SMILES string of the molecule is CC1(C)C(O)c2ccccc2C=[N+]1[O-]. The molecule has 0 saturated carbocycles. The number of aliphatic hydroxyl groups is 1. The molecule has 0 bridgehead atoms. The van der Waals surface area contributed by atoms with Crippen molar-refractivity contribution in [2.75, 3.05) is 0 Å². The lowest BCUT2D eigenvalue weighted by Crippen LogP contribution is -2.43. The number of rotatable bonds is 0. The van der Waals surface area contributed by atoms with Gasteiger partial charge in [-0.3, -0.25) is 0 Å². The van der Waals surface area contributed by atoms with Crippen LogP contribution in [0.3, 0.4) is 0 Å². The monoisotopic (exact) mass is 191 g/mol. The molecule has 1 aromatic carbocycles. The Kier molecular flexibility index (Phi) is 1.86. The Hall–Kier alpha value is -1.35. The third-order valence-corrected chi connectivity index (χ3v) is 2.78. The van der Waals surface area contributed by atoms with E-state index in [2.05, 4.69) is 0 Å².